The molecule has 0 aromatic carbocycles. The van der Waals surface area contributed by atoms with Gasteiger partial charge in [0.1, 0.15) is 0 Å². The van der Waals surface area contributed by atoms with Crippen LogP contribution >= 0.6 is 0 Å². The summed E-state index contributed by atoms with van der Waals surface area (Å²) in [6, 6.07) is 0.273. The average Bonchev–Trinajstić information content (AvgIpc) is 3.07. The summed E-state index contributed by atoms with van der Waals surface area (Å²) in [4.78, 5) is 4.65. The van der Waals surface area contributed by atoms with E-state index in [-0.39, 0.29) is 6.04 Å². The molecule has 4 heteroatoms. The van der Waals surface area contributed by atoms with Gasteiger partial charge in [-0.1, -0.05) is 25.4 Å². The minimum absolute atomic E-state index is 0.273. The molecule has 1 aromatic heterocycles. The largest absolute Gasteiger partial charge is 0.338 e. The summed E-state index contributed by atoms with van der Waals surface area (Å²) >= 11 is 0. The van der Waals surface area contributed by atoms with Gasteiger partial charge in [0, 0.05) is 5.92 Å². The Morgan fingerprint density at radius 2 is 2.22 bits per heavy atom. The molecule has 1 N–H and O–H groups in total. The van der Waals surface area contributed by atoms with Crippen LogP contribution in [0.1, 0.15) is 69.6 Å². The second kappa shape index (κ2) is 5.00. The normalized spacial score (nSPS) is 36.3. The maximum atomic E-state index is 5.48. The van der Waals surface area contributed by atoms with Crippen molar-refractivity contribution < 1.29 is 4.52 Å². The molecule has 3 rings (SSSR count). The number of hydrogen-bond acceptors (Lipinski definition) is 4. The van der Waals surface area contributed by atoms with Gasteiger partial charge in [-0.25, -0.2) is 0 Å². The maximum Gasteiger partial charge on any atom is 0.244 e. The highest BCUT2D eigenvalue weighted by molar-refractivity contribution is 5.03. The Kier molecular flexibility index (Phi) is 3.37. The molecule has 0 radical (unpaired) electrons. The second-order valence-electron chi connectivity index (χ2n) is 5.97. The predicted octanol–water partition coefficient (Wildman–Crippen LogP) is 3.03. The van der Waals surface area contributed by atoms with Crippen LogP contribution < -0.4 is 5.32 Å². The molecule has 4 unspecified atom stereocenters. The van der Waals surface area contributed by atoms with Gasteiger partial charge in [0.15, 0.2) is 5.82 Å². The first-order valence-electron chi connectivity index (χ1n) is 7.34. The van der Waals surface area contributed by atoms with Crippen molar-refractivity contribution in [2.45, 2.75) is 57.9 Å². The van der Waals surface area contributed by atoms with Crippen LogP contribution in [0.2, 0.25) is 0 Å². The van der Waals surface area contributed by atoms with E-state index in [2.05, 4.69) is 29.3 Å². The molecule has 0 spiro atoms. The summed E-state index contributed by atoms with van der Waals surface area (Å²) in [5.41, 5.74) is 0. The molecule has 18 heavy (non-hydrogen) atoms. The molecule has 1 saturated heterocycles. The van der Waals surface area contributed by atoms with Gasteiger partial charge in [-0.2, -0.15) is 4.98 Å². The van der Waals surface area contributed by atoms with Crippen molar-refractivity contribution in [2.75, 3.05) is 6.54 Å². The first-order chi connectivity index (χ1) is 8.78. The lowest BCUT2D eigenvalue weighted by Gasteiger charge is -2.09. The fourth-order valence-corrected chi connectivity index (χ4v) is 3.38. The van der Waals surface area contributed by atoms with Crippen molar-refractivity contribution >= 4 is 0 Å². The van der Waals surface area contributed by atoms with Crippen LogP contribution in [0.15, 0.2) is 4.52 Å². The Labute approximate surface area is 109 Å². The van der Waals surface area contributed by atoms with E-state index in [1.807, 2.05) is 0 Å². The molecule has 1 aromatic rings. The molecule has 1 saturated carbocycles. The lowest BCUT2D eigenvalue weighted by molar-refractivity contribution is 0.315. The van der Waals surface area contributed by atoms with Crippen LogP contribution in [-0.4, -0.2) is 16.7 Å². The van der Waals surface area contributed by atoms with Crippen molar-refractivity contribution in [3.8, 4) is 0 Å². The Balaban J connectivity index is 1.70. The van der Waals surface area contributed by atoms with Gasteiger partial charge >= 0.3 is 0 Å². The molecule has 1 aliphatic heterocycles. The third-order valence-corrected chi connectivity index (χ3v) is 4.74. The summed E-state index contributed by atoms with van der Waals surface area (Å²) < 4.78 is 5.48. The van der Waals surface area contributed by atoms with Crippen molar-refractivity contribution in [1.29, 1.82) is 0 Å². The van der Waals surface area contributed by atoms with Crippen molar-refractivity contribution in [3.63, 3.8) is 0 Å². The number of nitrogens with zero attached hydrogens (tertiary/aromatic N) is 2. The Morgan fingerprint density at radius 3 is 2.89 bits per heavy atom. The summed E-state index contributed by atoms with van der Waals surface area (Å²) in [5, 5.41) is 7.67. The first-order valence-corrected chi connectivity index (χ1v) is 7.34. The summed E-state index contributed by atoms with van der Waals surface area (Å²) in [5.74, 6) is 3.74. The zero-order chi connectivity index (χ0) is 12.5. The molecule has 0 bridgehead atoms. The van der Waals surface area contributed by atoms with Crippen LogP contribution in [-0.2, 0) is 0 Å². The van der Waals surface area contributed by atoms with Crippen LogP contribution in [0.5, 0.6) is 0 Å². The maximum absolute atomic E-state index is 5.48. The quantitative estimate of drug-likeness (QED) is 0.894. The topological polar surface area (TPSA) is 51.0 Å². The van der Waals surface area contributed by atoms with Crippen LogP contribution in [0.25, 0.3) is 0 Å². The van der Waals surface area contributed by atoms with E-state index < -0.39 is 0 Å². The average molecular weight is 249 g/mol. The molecular weight excluding hydrogens is 226 g/mol. The highest BCUT2D eigenvalue weighted by atomic mass is 16.5. The Hall–Kier alpha value is -0.900. The predicted molar refractivity (Wildman–Crippen MR) is 69.2 cm³/mol. The van der Waals surface area contributed by atoms with Gasteiger partial charge < -0.3 is 9.84 Å². The van der Waals surface area contributed by atoms with E-state index in [1.165, 1.54) is 32.1 Å². The highest BCUT2D eigenvalue weighted by Gasteiger charge is 2.32. The monoisotopic (exact) mass is 249 g/mol. The number of nitrogens with one attached hydrogen (secondary N) is 1. The number of hydrogen-bond donors (Lipinski definition) is 1. The van der Waals surface area contributed by atoms with Gasteiger partial charge in [0.25, 0.3) is 0 Å². The second-order valence-corrected chi connectivity index (χ2v) is 5.97. The molecule has 2 aliphatic rings. The van der Waals surface area contributed by atoms with Gasteiger partial charge in [0.05, 0.1) is 6.04 Å². The summed E-state index contributed by atoms with van der Waals surface area (Å²) in [6.45, 7) is 5.58. The van der Waals surface area contributed by atoms with Gasteiger partial charge in [-0.05, 0) is 44.1 Å². The summed E-state index contributed by atoms with van der Waals surface area (Å²) in [7, 11) is 0. The van der Waals surface area contributed by atoms with Gasteiger partial charge in [-0.15, -0.1) is 0 Å². The van der Waals surface area contributed by atoms with Gasteiger partial charge in [-0.3, -0.25) is 0 Å². The molecule has 1 aliphatic carbocycles. The molecule has 100 valence electrons. The summed E-state index contributed by atoms with van der Waals surface area (Å²) in [6.07, 6.45) is 6.27. The van der Waals surface area contributed by atoms with E-state index in [0.717, 1.165) is 24.2 Å². The van der Waals surface area contributed by atoms with Gasteiger partial charge in [0.2, 0.25) is 5.89 Å². The van der Waals surface area contributed by atoms with Crippen molar-refractivity contribution in [1.82, 2.24) is 15.5 Å². The molecule has 4 nitrogen and oxygen atoms in total. The molecule has 0 amide bonds. The van der Waals surface area contributed by atoms with Crippen LogP contribution in [0.3, 0.4) is 0 Å². The molecule has 4 atom stereocenters. The van der Waals surface area contributed by atoms with E-state index in [0.29, 0.717) is 11.8 Å². The minimum atomic E-state index is 0.273. The molecule has 2 heterocycles. The minimum Gasteiger partial charge on any atom is -0.338 e. The van der Waals surface area contributed by atoms with Crippen LogP contribution in [0, 0.1) is 11.8 Å². The zero-order valence-electron chi connectivity index (χ0n) is 11.4. The zero-order valence-corrected chi connectivity index (χ0v) is 11.4. The van der Waals surface area contributed by atoms with E-state index in [4.69, 9.17) is 4.52 Å². The number of rotatable bonds is 3. The number of aromatic nitrogens is 2. The Morgan fingerprint density at radius 1 is 1.33 bits per heavy atom. The van der Waals surface area contributed by atoms with Crippen molar-refractivity contribution in [2.24, 2.45) is 11.8 Å². The standard InChI is InChI=1S/C14H23N3O/c1-3-10-4-5-11(8-10)13-16-14(18-17-13)12-9(2)6-7-15-12/h9-12,15H,3-8H2,1-2H3. The lowest BCUT2D eigenvalue weighted by Crippen LogP contribution is -2.16. The Bertz CT molecular complexity index is 403. The van der Waals surface area contributed by atoms with Crippen LogP contribution in [0.4, 0.5) is 0 Å². The first kappa shape index (κ1) is 12.2. The smallest absolute Gasteiger partial charge is 0.244 e. The lowest BCUT2D eigenvalue weighted by atomic mass is 10.0. The third kappa shape index (κ3) is 2.18. The molecule has 2 fully saturated rings. The fraction of sp³-hybridized carbons (Fsp3) is 0.857. The van der Waals surface area contributed by atoms with E-state index in [9.17, 15) is 0 Å². The fourth-order valence-electron chi connectivity index (χ4n) is 3.38. The van der Waals surface area contributed by atoms with Crippen molar-refractivity contribution in [3.05, 3.63) is 11.7 Å². The SMILES string of the molecule is CCC1CCC(c2noc(C3NCCC3C)n2)C1. The third-order valence-electron chi connectivity index (χ3n) is 4.74. The highest BCUT2D eigenvalue weighted by Crippen LogP contribution is 2.39. The van der Waals surface area contributed by atoms with E-state index in [1.54, 1.807) is 0 Å². The molecular formula is C14H23N3O. The van der Waals surface area contributed by atoms with E-state index >= 15 is 0 Å².